The predicted molar refractivity (Wildman–Crippen MR) is 101 cm³/mol. The van der Waals surface area contributed by atoms with Gasteiger partial charge < -0.3 is 11.1 Å². The van der Waals surface area contributed by atoms with Crippen LogP contribution in [0.5, 0.6) is 0 Å². The Hall–Kier alpha value is -2.66. The third-order valence-corrected chi connectivity index (χ3v) is 5.15. The molecule has 0 spiro atoms. The van der Waals surface area contributed by atoms with Gasteiger partial charge in [-0.05, 0) is 29.7 Å². The first-order valence-electron chi connectivity index (χ1n) is 8.09. The van der Waals surface area contributed by atoms with Crippen LogP contribution in [0.2, 0.25) is 0 Å². The number of rotatable bonds is 5. The molecule has 0 aliphatic rings. The van der Waals surface area contributed by atoms with Gasteiger partial charge in [0.15, 0.2) is 0 Å². The molecule has 128 valence electrons. The van der Waals surface area contributed by atoms with E-state index in [9.17, 15) is 9.18 Å². The number of nitrogens with two attached hydrogens (primary N) is 1. The number of thiophene rings is 1. The lowest BCUT2D eigenvalue weighted by atomic mass is 9.99. The minimum Gasteiger partial charge on any atom is -0.390 e. The lowest BCUT2D eigenvalue weighted by molar-refractivity contribution is 0.0953. The predicted octanol–water partition coefficient (Wildman–Crippen LogP) is 4.63. The van der Waals surface area contributed by atoms with E-state index >= 15 is 0 Å². The molecule has 1 amide bonds. The largest absolute Gasteiger partial charge is 0.390 e. The van der Waals surface area contributed by atoms with Crippen LogP contribution in [0, 0.1) is 5.82 Å². The van der Waals surface area contributed by atoms with E-state index in [1.165, 1.54) is 23.5 Å². The number of nitrogens with one attached hydrogen (secondary N) is 1. The topological polar surface area (TPSA) is 55.1 Å². The van der Waals surface area contributed by atoms with Crippen LogP contribution >= 0.6 is 11.3 Å². The maximum absolute atomic E-state index is 13.3. The van der Waals surface area contributed by atoms with Gasteiger partial charge in [-0.1, -0.05) is 49.4 Å². The fourth-order valence-corrected chi connectivity index (χ4v) is 3.79. The number of benzene rings is 2. The van der Waals surface area contributed by atoms with Gasteiger partial charge in [-0.2, -0.15) is 0 Å². The van der Waals surface area contributed by atoms with Gasteiger partial charge in [0.05, 0.1) is 10.6 Å². The summed E-state index contributed by atoms with van der Waals surface area (Å²) in [6, 6.07) is 15.9. The normalized spacial score (nSPS) is 10.6. The molecule has 0 aliphatic heterocycles. The molecule has 2 aromatic carbocycles. The molecule has 1 aromatic heterocycles. The van der Waals surface area contributed by atoms with Gasteiger partial charge in [0.1, 0.15) is 5.82 Å². The van der Waals surface area contributed by atoms with E-state index < -0.39 is 0 Å². The smallest absolute Gasteiger partial charge is 0.255 e. The molecule has 25 heavy (non-hydrogen) atoms. The van der Waals surface area contributed by atoms with Crippen LogP contribution in [0.1, 0.15) is 27.7 Å². The van der Waals surface area contributed by atoms with Crippen molar-refractivity contribution in [1.29, 1.82) is 0 Å². The molecule has 3 rings (SSSR count). The lowest BCUT2D eigenvalue weighted by Crippen LogP contribution is -2.23. The van der Waals surface area contributed by atoms with E-state index in [4.69, 9.17) is 5.73 Å². The first-order valence-corrected chi connectivity index (χ1v) is 8.91. The average molecular weight is 354 g/mol. The number of nitrogen functional groups attached to an aromatic ring is 1. The second-order valence-electron chi connectivity index (χ2n) is 5.67. The van der Waals surface area contributed by atoms with Gasteiger partial charge >= 0.3 is 0 Å². The SMILES string of the molecule is CCc1sc(N)c(C(=O)NCc2ccccc2)c1-c1ccc(F)cc1. The molecule has 0 unspecified atom stereocenters. The molecule has 3 nitrogen and oxygen atoms in total. The molecule has 0 saturated carbocycles. The van der Waals surface area contributed by atoms with Gasteiger partial charge in [-0.25, -0.2) is 4.39 Å². The molecule has 3 N–H and O–H groups in total. The molecule has 0 bridgehead atoms. The number of carbonyl (C=O) groups excluding carboxylic acids is 1. The Morgan fingerprint density at radius 1 is 1.12 bits per heavy atom. The van der Waals surface area contributed by atoms with Gasteiger partial charge in [-0.3, -0.25) is 4.79 Å². The van der Waals surface area contributed by atoms with E-state index in [1.807, 2.05) is 37.3 Å². The van der Waals surface area contributed by atoms with Crippen molar-refractivity contribution in [2.45, 2.75) is 19.9 Å². The van der Waals surface area contributed by atoms with Crippen LogP contribution in [-0.4, -0.2) is 5.91 Å². The quantitative estimate of drug-likeness (QED) is 0.702. The van der Waals surface area contributed by atoms with E-state index in [-0.39, 0.29) is 11.7 Å². The van der Waals surface area contributed by atoms with Crippen molar-refractivity contribution in [3.8, 4) is 11.1 Å². The summed E-state index contributed by atoms with van der Waals surface area (Å²) in [5.41, 5.74) is 9.24. The standard InChI is InChI=1S/C20H19FN2OS/c1-2-16-17(14-8-10-15(21)11-9-14)18(19(22)25-16)20(24)23-12-13-6-4-3-5-7-13/h3-11H,2,12,22H2,1H3,(H,23,24). The molecule has 1 heterocycles. The summed E-state index contributed by atoms with van der Waals surface area (Å²) in [6.07, 6.45) is 0.757. The number of hydrogen-bond donors (Lipinski definition) is 2. The Labute approximate surface area is 150 Å². The van der Waals surface area contributed by atoms with E-state index in [0.29, 0.717) is 17.1 Å². The molecular weight excluding hydrogens is 335 g/mol. The molecule has 3 aromatic rings. The minimum atomic E-state index is -0.305. The van der Waals surface area contributed by atoms with Crippen LogP contribution in [-0.2, 0) is 13.0 Å². The summed E-state index contributed by atoms with van der Waals surface area (Å²) in [5.74, 6) is -0.517. The fraction of sp³-hybridized carbons (Fsp3) is 0.150. The minimum absolute atomic E-state index is 0.211. The van der Waals surface area contributed by atoms with Gasteiger partial charge in [0, 0.05) is 17.0 Å². The Bertz CT molecular complexity index is 873. The first kappa shape index (κ1) is 17.2. The number of carbonyl (C=O) groups is 1. The van der Waals surface area contributed by atoms with Crippen molar-refractivity contribution < 1.29 is 9.18 Å². The molecular formula is C20H19FN2OS. The summed E-state index contributed by atoms with van der Waals surface area (Å²) in [6.45, 7) is 2.45. The van der Waals surface area contributed by atoms with Crippen LogP contribution < -0.4 is 11.1 Å². The van der Waals surface area contributed by atoms with Crippen molar-refractivity contribution in [3.63, 3.8) is 0 Å². The second kappa shape index (κ2) is 7.49. The number of anilines is 1. The lowest BCUT2D eigenvalue weighted by Gasteiger charge is -2.09. The zero-order valence-corrected chi connectivity index (χ0v) is 14.7. The van der Waals surface area contributed by atoms with Crippen molar-refractivity contribution in [1.82, 2.24) is 5.32 Å². The van der Waals surface area contributed by atoms with Crippen molar-refractivity contribution in [2.75, 3.05) is 5.73 Å². The summed E-state index contributed by atoms with van der Waals surface area (Å²) in [5, 5.41) is 3.42. The highest BCUT2D eigenvalue weighted by Crippen LogP contribution is 2.39. The van der Waals surface area contributed by atoms with E-state index in [1.54, 1.807) is 12.1 Å². The van der Waals surface area contributed by atoms with Crippen molar-refractivity contribution in [3.05, 3.63) is 76.4 Å². The summed E-state index contributed by atoms with van der Waals surface area (Å²) in [7, 11) is 0. The summed E-state index contributed by atoms with van der Waals surface area (Å²) >= 11 is 1.41. The monoisotopic (exact) mass is 354 g/mol. The highest BCUT2D eigenvalue weighted by atomic mass is 32.1. The molecule has 5 heteroatoms. The first-order chi connectivity index (χ1) is 12.1. The number of hydrogen-bond acceptors (Lipinski definition) is 3. The zero-order valence-electron chi connectivity index (χ0n) is 13.9. The van der Waals surface area contributed by atoms with Gasteiger partial charge in [0.2, 0.25) is 0 Å². The van der Waals surface area contributed by atoms with Crippen molar-refractivity contribution >= 4 is 22.2 Å². The van der Waals surface area contributed by atoms with Crippen LogP contribution in [0.15, 0.2) is 54.6 Å². The number of aryl methyl sites for hydroxylation is 1. The molecule has 0 aliphatic carbocycles. The second-order valence-corrected chi connectivity index (χ2v) is 6.80. The Morgan fingerprint density at radius 2 is 1.80 bits per heavy atom. The zero-order chi connectivity index (χ0) is 17.8. The summed E-state index contributed by atoms with van der Waals surface area (Å²) < 4.78 is 13.3. The van der Waals surface area contributed by atoms with Crippen LogP contribution in [0.25, 0.3) is 11.1 Å². The van der Waals surface area contributed by atoms with Gasteiger partial charge in [-0.15, -0.1) is 11.3 Å². The molecule has 0 saturated heterocycles. The highest BCUT2D eigenvalue weighted by Gasteiger charge is 2.22. The maximum atomic E-state index is 13.3. The third-order valence-electron chi connectivity index (χ3n) is 3.99. The van der Waals surface area contributed by atoms with Crippen LogP contribution in [0.4, 0.5) is 9.39 Å². The molecule has 0 radical (unpaired) electrons. The summed E-state index contributed by atoms with van der Waals surface area (Å²) in [4.78, 5) is 13.8. The molecule has 0 atom stereocenters. The maximum Gasteiger partial charge on any atom is 0.255 e. The number of amides is 1. The van der Waals surface area contributed by atoms with Crippen molar-refractivity contribution in [2.24, 2.45) is 0 Å². The Balaban J connectivity index is 1.93. The van der Waals surface area contributed by atoms with E-state index in [0.717, 1.165) is 28.0 Å². The fourth-order valence-electron chi connectivity index (χ4n) is 2.76. The highest BCUT2D eigenvalue weighted by molar-refractivity contribution is 7.17. The van der Waals surface area contributed by atoms with E-state index in [2.05, 4.69) is 5.32 Å². The van der Waals surface area contributed by atoms with Crippen LogP contribution in [0.3, 0.4) is 0 Å². The number of halogens is 1. The Morgan fingerprint density at radius 3 is 2.44 bits per heavy atom. The Kier molecular flexibility index (Phi) is 5.14. The third kappa shape index (κ3) is 3.72. The molecule has 0 fully saturated rings. The van der Waals surface area contributed by atoms with Gasteiger partial charge in [0.25, 0.3) is 5.91 Å². The average Bonchev–Trinajstić information content (AvgIpc) is 2.97.